The van der Waals surface area contributed by atoms with Gasteiger partial charge in [-0.2, -0.15) is 0 Å². The number of aliphatic hydroxyl groups excluding tert-OH is 1. The van der Waals surface area contributed by atoms with E-state index in [2.05, 4.69) is 10.2 Å². The van der Waals surface area contributed by atoms with Crippen molar-refractivity contribution in [3.05, 3.63) is 6.33 Å². The van der Waals surface area contributed by atoms with Crippen LogP contribution in [0.1, 0.15) is 19.3 Å². The topological polar surface area (TPSA) is 50.9 Å². The number of aryl methyl sites for hydroxylation is 1. The van der Waals surface area contributed by atoms with Gasteiger partial charge in [-0.05, 0) is 12.8 Å². The Bertz CT molecular complexity index is 239. The Morgan fingerprint density at radius 3 is 2.92 bits per heavy atom. The number of unbranched alkanes of at least 4 members (excludes halogenated alkanes) is 2. The molecule has 0 radical (unpaired) electrons. The second kappa shape index (κ2) is 5.99. The highest BCUT2D eigenvalue weighted by Crippen LogP contribution is 2.15. The van der Waals surface area contributed by atoms with E-state index in [0.29, 0.717) is 6.61 Å². The molecule has 0 aliphatic rings. The van der Waals surface area contributed by atoms with Gasteiger partial charge in [0.25, 0.3) is 0 Å². The van der Waals surface area contributed by atoms with Crippen LogP contribution >= 0.6 is 11.8 Å². The minimum atomic E-state index is 0.300. The summed E-state index contributed by atoms with van der Waals surface area (Å²) in [5.74, 6) is 1.05. The SMILES string of the molecule is Cn1cnnc1SCCCCCO. The summed E-state index contributed by atoms with van der Waals surface area (Å²) in [7, 11) is 1.94. The van der Waals surface area contributed by atoms with Crippen molar-refractivity contribution in [2.75, 3.05) is 12.4 Å². The van der Waals surface area contributed by atoms with Crippen LogP contribution in [0.3, 0.4) is 0 Å². The average molecular weight is 201 g/mol. The third-order valence-electron chi connectivity index (χ3n) is 1.70. The largest absolute Gasteiger partial charge is 0.396 e. The van der Waals surface area contributed by atoms with E-state index < -0.39 is 0 Å². The van der Waals surface area contributed by atoms with E-state index in [1.807, 2.05) is 11.6 Å². The highest BCUT2D eigenvalue weighted by Gasteiger charge is 1.99. The molecule has 0 saturated heterocycles. The van der Waals surface area contributed by atoms with Crippen molar-refractivity contribution in [3.63, 3.8) is 0 Å². The lowest BCUT2D eigenvalue weighted by molar-refractivity contribution is 0.284. The predicted octanol–water partition coefficient (Wildman–Crippen LogP) is 1.07. The number of aliphatic hydroxyl groups is 1. The van der Waals surface area contributed by atoms with Crippen molar-refractivity contribution in [2.45, 2.75) is 24.4 Å². The summed E-state index contributed by atoms with van der Waals surface area (Å²) >= 11 is 1.71. The van der Waals surface area contributed by atoms with Gasteiger partial charge in [0, 0.05) is 19.4 Å². The molecule has 1 rings (SSSR count). The molecule has 1 aromatic rings. The Morgan fingerprint density at radius 1 is 1.46 bits per heavy atom. The molecule has 0 aliphatic heterocycles. The summed E-state index contributed by atoms with van der Waals surface area (Å²) < 4.78 is 1.91. The van der Waals surface area contributed by atoms with E-state index in [9.17, 15) is 0 Å². The lowest BCUT2D eigenvalue weighted by atomic mass is 10.3. The van der Waals surface area contributed by atoms with Crippen LogP contribution in [-0.4, -0.2) is 32.2 Å². The first-order chi connectivity index (χ1) is 6.34. The van der Waals surface area contributed by atoms with E-state index >= 15 is 0 Å². The van der Waals surface area contributed by atoms with Crippen LogP contribution < -0.4 is 0 Å². The molecule has 0 fully saturated rings. The Kier molecular flexibility index (Phi) is 4.85. The second-order valence-electron chi connectivity index (χ2n) is 2.86. The van der Waals surface area contributed by atoms with Gasteiger partial charge < -0.3 is 9.67 Å². The van der Waals surface area contributed by atoms with Gasteiger partial charge in [-0.1, -0.05) is 18.2 Å². The molecule has 1 N–H and O–H groups in total. The summed E-state index contributed by atoms with van der Waals surface area (Å²) in [6.07, 6.45) is 4.81. The third-order valence-corrected chi connectivity index (χ3v) is 2.82. The van der Waals surface area contributed by atoms with Crippen LogP contribution in [-0.2, 0) is 7.05 Å². The Labute approximate surface area is 82.4 Å². The van der Waals surface area contributed by atoms with Gasteiger partial charge in [-0.3, -0.25) is 0 Å². The Balaban J connectivity index is 2.10. The lowest BCUT2D eigenvalue weighted by Crippen LogP contribution is -1.91. The fourth-order valence-corrected chi connectivity index (χ4v) is 1.84. The molecule has 0 spiro atoms. The zero-order valence-electron chi connectivity index (χ0n) is 7.81. The maximum Gasteiger partial charge on any atom is 0.190 e. The molecule has 4 nitrogen and oxygen atoms in total. The zero-order chi connectivity index (χ0) is 9.52. The summed E-state index contributed by atoms with van der Waals surface area (Å²) in [5.41, 5.74) is 0. The van der Waals surface area contributed by atoms with Crippen LogP contribution in [0.4, 0.5) is 0 Å². The fourth-order valence-electron chi connectivity index (χ4n) is 0.957. The van der Waals surface area contributed by atoms with E-state index in [1.165, 1.54) is 0 Å². The minimum Gasteiger partial charge on any atom is -0.396 e. The number of nitrogens with zero attached hydrogens (tertiary/aromatic N) is 3. The van der Waals surface area contributed by atoms with Crippen LogP contribution in [0.5, 0.6) is 0 Å². The fraction of sp³-hybridized carbons (Fsp3) is 0.750. The maximum atomic E-state index is 8.56. The first-order valence-corrected chi connectivity index (χ1v) is 5.41. The van der Waals surface area contributed by atoms with Crippen LogP contribution in [0, 0.1) is 0 Å². The molecule has 0 atom stereocenters. The molecule has 0 aliphatic carbocycles. The standard InChI is InChI=1S/C8H15N3OS/c1-11-7-9-10-8(11)13-6-4-2-3-5-12/h7,12H,2-6H2,1H3. The first-order valence-electron chi connectivity index (χ1n) is 4.42. The molecule has 13 heavy (non-hydrogen) atoms. The zero-order valence-corrected chi connectivity index (χ0v) is 8.63. The second-order valence-corrected chi connectivity index (χ2v) is 3.92. The van der Waals surface area contributed by atoms with Crippen molar-refractivity contribution < 1.29 is 5.11 Å². The lowest BCUT2D eigenvalue weighted by Gasteiger charge is -1.99. The molecule has 5 heteroatoms. The summed E-state index contributed by atoms with van der Waals surface area (Å²) in [5, 5.41) is 17.3. The summed E-state index contributed by atoms with van der Waals surface area (Å²) in [6.45, 7) is 0.300. The molecular formula is C8H15N3OS. The molecule has 74 valence electrons. The van der Waals surface area contributed by atoms with Gasteiger partial charge in [-0.15, -0.1) is 10.2 Å². The number of thioether (sulfide) groups is 1. The average Bonchev–Trinajstić information content (AvgIpc) is 2.52. The Hall–Kier alpha value is -0.550. The predicted molar refractivity (Wildman–Crippen MR) is 52.7 cm³/mol. The van der Waals surface area contributed by atoms with Crippen LogP contribution in [0.2, 0.25) is 0 Å². The van der Waals surface area contributed by atoms with Crippen molar-refractivity contribution in [1.29, 1.82) is 0 Å². The van der Waals surface area contributed by atoms with Gasteiger partial charge in [0.1, 0.15) is 6.33 Å². The molecule has 0 amide bonds. The highest BCUT2D eigenvalue weighted by molar-refractivity contribution is 7.99. The van der Waals surface area contributed by atoms with E-state index in [1.54, 1.807) is 18.1 Å². The first kappa shape index (κ1) is 10.5. The monoisotopic (exact) mass is 201 g/mol. The minimum absolute atomic E-state index is 0.300. The number of hydrogen-bond acceptors (Lipinski definition) is 4. The van der Waals surface area contributed by atoms with Crippen molar-refractivity contribution in [3.8, 4) is 0 Å². The molecular weight excluding hydrogens is 186 g/mol. The van der Waals surface area contributed by atoms with E-state index in [4.69, 9.17) is 5.11 Å². The number of hydrogen-bond donors (Lipinski definition) is 1. The Morgan fingerprint density at radius 2 is 2.31 bits per heavy atom. The van der Waals surface area contributed by atoms with Crippen LogP contribution in [0.15, 0.2) is 11.5 Å². The molecule has 0 saturated carbocycles. The summed E-state index contributed by atoms with van der Waals surface area (Å²) in [6, 6.07) is 0. The molecule has 1 aromatic heterocycles. The van der Waals surface area contributed by atoms with Crippen molar-refractivity contribution in [1.82, 2.24) is 14.8 Å². The summed E-state index contributed by atoms with van der Waals surface area (Å²) in [4.78, 5) is 0. The highest BCUT2D eigenvalue weighted by atomic mass is 32.2. The van der Waals surface area contributed by atoms with Crippen molar-refractivity contribution in [2.24, 2.45) is 7.05 Å². The van der Waals surface area contributed by atoms with Gasteiger partial charge >= 0.3 is 0 Å². The van der Waals surface area contributed by atoms with Gasteiger partial charge in [0.15, 0.2) is 5.16 Å². The van der Waals surface area contributed by atoms with E-state index in [-0.39, 0.29) is 0 Å². The normalized spacial score (nSPS) is 10.6. The molecule has 0 bridgehead atoms. The van der Waals surface area contributed by atoms with Crippen molar-refractivity contribution >= 4 is 11.8 Å². The van der Waals surface area contributed by atoms with Gasteiger partial charge in [0.05, 0.1) is 0 Å². The van der Waals surface area contributed by atoms with E-state index in [0.717, 1.165) is 30.2 Å². The van der Waals surface area contributed by atoms with Gasteiger partial charge in [0.2, 0.25) is 0 Å². The molecule has 0 aromatic carbocycles. The number of rotatable bonds is 6. The molecule has 0 unspecified atom stereocenters. The smallest absolute Gasteiger partial charge is 0.190 e. The quantitative estimate of drug-likeness (QED) is 0.552. The maximum absolute atomic E-state index is 8.56. The molecule has 1 heterocycles. The third kappa shape index (κ3) is 3.78. The number of aromatic nitrogens is 3. The van der Waals surface area contributed by atoms with Crippen LogP contribution in [0.25, 0.3) is 0 Å². The van der Waals surface area contributed by atoms with Gasteiger partial charge in [-0.25, -0.2) is 0 Å².